The molecule has 0 spiro atoms. The Morgan fingerprint density at radius 1 is 1.24 bits per heavy atom. The number of nitrogens with zero attached hydrogens (tertiary/aromatic N) is 4. The second kappa shape index (κ2) is 7.04. The Hall–Kier alpha value is -3.70. The number of nitro groups is 1. The number of carbonyl (C=O) groups excluding carboxylic acids is 1. The summed E-state index contributed by atoms with van der Waals surface area (Å²) in [5.41, 5.74) is 0.0629. The van der Waals surface area contributed by atoms with E-state index in [0.717, 1.165) is 34.4 Å². The van der Waals surface area contributed by atoms with Crippen molar-refractivity contribution >= 4 is 46.9 Å². The van der Waals surface area contributed by atoms with Gasteiger partial charge in [-0.2, -0.15) is 9.78 Å². The molecule has 0 bridgehead atoms. The smallest absolute Gasteiger partial charge is 0.279 e. The van der Waals surface area contributed by atoms with Crippen molar-refractivity contribution in [3.63, 3.8) is 0 Å². The lowest BCUT2D eigenvalue weighted by Crippen LogP contribution is -2.22. The summed E-state index contributed by atoms with van der Waals surface area (Å²) in [5, 5.41) is 36.5. The van der Waals surface area contributed by atoms with Gasteiger partial charge in [0.2, 0.25) is 5.88 Å². The van der Waals surface area contributed by atoms with Crippen molar-refractivity contribution in [1.29, 1.82) is 0 Å². The Balaban J connectivity index is 1.81. The first-order chi connectivity index (χ1) is 13.9. The predicted octanol–water partition coefficient (Wildman–Crippen LogP) is 1.84. The first-order valence-electron chi connectivity index (χ1n) is 8.06. The topological polar surface area (TPSA) is 130 Å². The zero-order chi connectivity index (χ0) is 20.7. The van der Waals surface area contributed by atoms with Crippen LogP contribution in [-0.2, 0) is 4.79 Å². The second-order valence-electron chi connectivity index (χ2n) is 5.89. The van der Waals surface area contributed by atoms with Gasteiger partial charge in [0.1, 0.15) is 10.6 Å². The molecule has 4 rings (SSSR count). The minimum Gasteiger partial charge on any atom is -0.507 e. The van der Waals surface area contributed by atoms with E-state index < -0.39 is 10.8 Å². The molecule has 2 heterocycles. The number of rotatable bonds is 4. The number of non-ortho nitro benzene ring substituents is 1. The van der Waals surface area contributed by atoms with E-state index in [9.17, 15) is 25.1 Å². The van der Waals surface area contributed by atoms with Gasteiger partial charge in [0.15, 0.2) is 3.95 Å². The fourth-order valence-corrected chi connectivity index (χ4v) is 4.04. The third-order valence-corrected chi connectivity index (χ3v) is 5.50. The number of benzene rings is 2. The number of nitro benzene ring substituents is 1. The van der Waals surface area contributed by atoms with E-state index in [0.29, 0.717) is 10.6 Å². The first kappa shape index (κ1) is 18.7. The molecule has 11 heteroatoms. The maximum absolute atomic E-state index is 12.3. The molecular formula is C18H10N4O5S2. The molecule has 1 aromatic heterocycles. The van der Waals surface area contributed by atoms with Crippen molar-refractivity contribution in [2.24, 2.45) is 10.1 Å². The maximum Gasteiger partial charge on any atom is 0.279 e. The number of thiazole rings is 1. The van der Waals surface area contributed by atoms with E-state index in [2.05, 4.69) is 10.1 Å². The van der Waals surface area contributed by atoms with Crippen LogP contribution in [0.2, 0.25) is 0 Å². The summed E-state index contributed by atoms with van der Waals surface area (Å²) in [7, 11) is 0. The van der Waals surface area contributed by atoms with Crippen LogP contribution in [0.5, 0.6) is 11.6 Å². The molecular weight excluding hydrogens is 416 g/mol. The van der Waals surface area contributed by atoms with Gasteiger partial charge in [0.05, 0.1) is 22.1 Å². The Morgan fingerprint density at radius 3 is 2.76 bits per heavy atom. The normalized spacial score (nSPS) is 13.0. The highest BCUT2D eigenvalue weighted by Crippen LogP contribution is 2.32. The van der Waals surface area contributed by atoms with E-state index in [-0.39, 0.29) is 37.3 Å². The van der Waals surface area contributed by atoms with E-state index in [1.54, 1.807) is 24.3 Å². The molecule has 0 saturated carbocycles. The number of hydrogen-bond donors (Lipinski definition) is 2. The second-order valence-corrected chi connectivity index (χ2v) is 7.53. The highest BCUT2D eigenvalue weighted by Gasteiger charge is 2.25. The Morgan fingerprint density at radius 2 is 2.00 bits per heavy atom. The molecule has 0 radical (unpaired) electrons. The van der Waals surface area contributed by atoms with Gasteiger partial charge < -0.3 is 10.2 Å². The molecule has 1 aliphatic heterocycles. The number of carbonyl (C=O) groups is 1. The Bertz CT molecular complexity index is 1400. The van der Waals surface area contributed by atoms with Crippen LogP contribution in [0, 0.1) is 14.1 Å². The molecule has 29 heavy (non-hydrogen) atoms. The molecule has 0 saturated heterocycles. The first-order valence-corrected chi connectivity index (χ1v) is 9.28. The van der Waals surface area contributed by atoms with Gasteiger partial charge in [-0.3, -0.25) is 14.9 Å². The van der Waals surface area contributed by atoms with Crippen molar-refractivity contribution in [2.45, 2.75) is 0 Å². The van der Waals surface area contributed by atoms with Crippen LogP contribution in [-0.4, -0.2) is 31.9 Å². The highest BCUT2D eigenvalue weighted by atomic mass is 32.1. The van der Waals surface area contributed by atoms with Crippen molar-refractivity contribution in [1.82, 2.24) is 4.68 Å². The molecule has 0 fully saturated rings. The third kappa shape index (κ3) is 3.22. The summed E-state index contributed by atoms with van der Waals surface area (Å²) < 4.78 is 1.15. The van der Waals surface area contributed by atoms with Crippen LogP contribution in [0.15, 0.2) is 52.6 Å². The average Bonchev–Trinajstić information content (AvgIpc) is 3.16. The maximum atomic E-state index is 12.3. The summed E-state index contributed by atoms with van der Waals surface area (Å²) in [5.74, 6) is -1.09. The lowest BCUT2D eigenvalue weighted by Gasteiger charge is -2.01. The molecule has 9 nitrogen and oxygen atoms in total. The zero-order valence-corrected chi connectivity index (χ0v) is 16.0. The van der Waals surface area contributed by atoms with E-state index in [4.69, 9.17) is 12.2 Å². The number of fused-ring (bicyclic) bond motifs is 1. The minimum absolute atomic E-state index is 0.0678. The number of para-hydroxylation sites is 1. The summed E-state index contributed by atoms with van der Waals surface area (Å²) in [6.07, 6.45) is 1.13. The molecule has 144 valence electrons. The lowest BCUT2D eigenvalue weighted by molar-refractivity contribution is -0.384. The number of aromatic hydroxyl groups is 2. The third-order valence-electron chi connectivity index (χ3n) is 4.14. The van der Waals surface area contributed by atoms with Crippen LogP contribution >= 0.6 is 23.6 Å². The number of hydrogen-bond acceptors (Lipinski definition) is 8. The minimum atomic E-state index is -0.605. The van der Waals surface area contributed by atoms with Gasteiger partial charge in [-0.05, 0) is 24.4 Å². The van der Waals surface area contributed by atoms with Crippen LogP contribution in [0.3, 0.4) is 0 Å². The van der Waals surface area contributed by atoms with E-state index >= 15 is 0 Å². The molecule has 0 aliphatic carbocycles. The summed E-state index contributed by atoms with van der Waals surface area (Å²) in [6.45, 7) is 0. The standard InChI is InChI=1S/C18H10N4O5S2/c23-13-6-5-10(22(26)27)7-9(13)8-19-21-17(25)15(29-18(21)28)14-11-3-1-2-4-12(11)20-16(14)24/h1-8,23,25H/b19-8+. The van der Waals surface area contributed by atoms with Crippen LogP contribution in [0.1, 0.15) is 10.4 Å². The van der Waals surface area contributed by atoms with Gasteiger partial charge in [-0.1, -0.05) is 29.5 Å². The molecule has 2 N–H and O–H groups in total. The number of aromatic nitrogens is 1. The van der Waals surface area contributed by atoms with Crippen molar-refractivity contribution in [2.75, 3.05) is 0 Å². The van der Waals surface area contributed by atoms with Gasteiger partial charge in [-0.15, -0.1) is 0 Å². The van der Waals surface area contributed by atoms with Crippen LogP contribution < -0.4 is 10.6 Å². The SMILES string of the molecule is O=C1N=c2ccccc2=C1c1sc(=S)n(/N=C/c2cc([N+](=O)[O-])ccc2O)c1O. The van der Waals surface area contributed by atoms with E-state index in [1.807, 2.05) is 0 Å². The van der Waals surface area contributed by atoms with Crippen molar-refractivity contribution in [3.05, 3.63) is 77.5 Å². The van der Waals surface area contributed by atoms with Crippen molar-refractivity contribution in [3.8, 4) is 11.6 Å². The average molecular weight is 426 g/mol. The van der Waals surface area contributed by atoms with Gasteiger partial charge in [0, 0.05) is 22.9 Å². The highest BCUT2D eigenvalue weighted by molar-refractivity contribution is 7.73. The van der Waals surface area contributed by atoms with Crippen LogP contribution in [0.4, 0.5) is 5.69 Å². The van der Waals surface area contributed by atoms with Crippen LogP contribution in [0.25, 0.3) is 5.57 Å². The van der Waals surface area contributed by atoms with E-state index in [1.165, 1.54) is 6.07 Å². The van der Waals surface area contributed by atoms with Gasteiger partial charge in [0.25, 0.3) is 11.6 Å². The molecule has 1 amide bonds. The molecule has 0 unspecified atom stereocenters. The largest absolute Gasteiger partial charge is 0.507 e. The summed E-state index contributed by atoms with van der Waals surface area (Å²) >= 11 is 6.21. The van der Waals surface area contributed by atoms with Gasteiger partial charge in [-0.25, -0.2) is 4.99 Å². The van der Waals surface area contributed by atoms with Crippen molar-refractivity contribution < 1.29 is 19.9 Å². The Kier molecular flexibility index (Phi) is 4.53. The number of phenols is 1. The summed E-state index contributed by atoms with van der Waals surface area (Å²) in [4.78, 5) is 26.8. The lowest BCUT2D eigenvalue weighted by atomic mass is 10.1. The number of phenolic OH excluding ortho intramolecular Hbond substituents is 1. The molecule has 0 atom stereocenters. The van der Waals surface area contributed by atoms with Gasteiger partial charge >= 0.3 is 0 Å². The molecule has 3 aromatic rings. The fraction of sp³-hybridized carbons (Fsp3) is 0. The monoisotopic (exact) mass is 426 g/mol. The summed E-state index contributed by atoms with van der Waals surface area (Å²) in [6, 6.07) is 10.4. The molecule has 2 aromatic carbocycles. The Labute approximate surface area is 171 Å². The predicted molar refractivity (Wildman–Crippen MR) is 107 cm³/mol. The number of amides is 1. The fourth-order valence-electron chi connectivity index (χ4n) is 2.78. The quantitative estimate of drug-likeness (QED) is 0.283. The molecule has 1 aliphatic rings. The zero-order valence-electron chi connectivity index (χ0n) is 14.3.